The molecule has 1 rings (SSSR count). The van der Waals surface area contributed by atoms with E-state index in [0.717, 1.165) is 17.8 Å². The molecule has 1 aliphatic rings. The Hall–Kier alpha value is -0.520. The molecule has 0 spiro atoms. The number of hydrogen-bond donors (Lipinski definition) is 0. The molecule has 0 aliphatic heterocycles. The maximum absolute atomic E-state index is 4.09. The fourth-order valence-corrected chi connectivity index (χ4v) is 2.46. The highest BCUT2D eigenvalue weighted by molar-refractivity contribution is 5.06. The Kier molecular flexibility index (Phi) is 3.35. The molecule has 1 fully saturated rings. The summed E-state index contributed by atoms with van der Waals surface area (Å²) >= 11 is 0. The lowest BCUT2D eigenvalue weighted by molar-refractivity contribution is 0.244. The van der Waals surface area contributed by atoms with Crippen LogP contribution in [0, 0.1) is 17.8 Å². The minimum absolute atomic E-state index is 0.732. The highest BCUT2D eigenvalue weighted by Gasteiger charge is 2.28. The summed E-state index contributed by atoms with van der Waals surface area (Å²) in [5, 5.41) is 0. The molecule has 1 aliphatic carbocycles. The van der Waals surface area contributed by atoms with Crippen molar-refractivity contribution in [2.45, 2.75) is 40.0 Å². The second-order valence-electron chi connectivity index (χ2n) is 4.79. The molecule has 74 valence electrons. The first-order valence-corrected chi connectivity index (χ1v) is 5.33. The van der Waals surface area contributed by atoms with Crippen LogP contribution in [0.3, 0.4) is 0 Å². The van der Waals surface area contributed by atoms with E-state index in [-0.39, 0.29) is 0 Å². The van der Waals surface area contributed by atoms with E-state index >= 15 is 0 Å². The minimum atomic E-state index is 0.732. The molecule has 0 amide bonds. The lowest BCUT2D eigenvalue weighted by Crippen LogP contribution is -2.24. The van der Waals surface area contributed by atoms with Gasteiger partial charge in [-0.05, 0) is 50.9 Å². The van der Waals surface area contributed by atoms with Gasteiger partial charge in [0.1, 0.15) is 0 Å². The van der Waals surface area contributed by atoms with Crippen LogP contribution < -0.4 is 0 Å². The van der Waals surface area contributed by atoms with Gasteiger partial charge in [0, 0.05) is 0 Å². The van der Waals surface area contributed by atoms with E-state index < -0.39 is 0 Å². The zero-order valence-electron chi connectivity index (χ0n) is 9.27. The first-order chi connectivity index (χ1) is 6.02. The molecule has 0 heteroatoms. The van der Waals surface area contributed by atoms with Crippen LogP contribution in [-0.2, 0) is 0 Å². The van der Waals surface area contributed by atoms with Gasteiger partial charge in [-0.15, -0.1) is 0 Å². The number of rotatable bonds is 2. The van der Waals surface area contributed by atoms with Gasteiger partial charge in [0.05, 0.1) is 0 Å². The van der Waals surface area contributed by atoms with Crippen LogP contribution in [0.15, 0.2) is 24.3 Å². The lowest BCUT2D eigenvalue weighted by Gasteiger charge is -2.35. The largest absolute Gasteiger partial charge is 0.0999 e. The number of allylic oxidation sites excluding steroid dienone is 2. The fraction of sp³-hybridized carbons (Fsp3) is 0.692. The highest BCUT2D eigenvalue weighted by atomic mass is 14.3. The maximum atomic E-state index is 4.09. The first-order valence-electron chi connectivity index (χ1n) is 5.33. The Morgan fingerprint density at radius 3 is 2.15 bits per heavy atom. The van der Waals surface area contributed by atoms with Crippen molar-refractivity contribution >= 4 is 0 Å². The third kappa shape index (κ3) is 2.46. The standard InChI is InChI=1S/C13H22/c1-9(2)12-7-6-11(5)13(8-12)10(3)4/h11-13H,1,3,6-8H2,2,4-5H3/t11-,12+,13-/m1/s1. The van der Waals surface area contributed by atoms with E-state index in [4.69, 9.17) is 0 Å². The topological polar surface area (TPSA) is 0 Å². The van der Waals surface area contributed by atoms with E-state index in [0.29, 0.717) is 0 Å². The van der Waals surface area contributed by atoms with Crippen LogP contribution in [0.2, 0.25) is 0 Å². The Balaban J connectivity index is 2.63. The molecule has 0 nitrogen and oxygen atoms in total. The Bertz CT molecular complexity index is 212. The molecule has 13 heavy (non-hydrogen) atoms. The molecule has 0 radical (unpaired) electrons. The molecule has 0 aromatic rings. The van der Waals surface area contributed by atoms with Crippen molar-refractivity contribution in [2.75, 3.05) is 0 Å². The molecule has 0 heterocycles. The zero-order chi connectivity index (χ0) is 10.0. The SMILES string of the molecule is C=C(C)[C@H]1CC[C@@H](C)[C@@H](C(=C)C)C1. The monoisotopic (exact) mass is 178 g/mol. The molecule has 0 saturated heterocycles. The van der Waals surface area contributed by atoms with Crippen molar-refractivity contribution in [3.63, 3.8) is 0 Å². The molecule has 0 bridgehead atoms. The quantitative estimate of drug-likeness (QED) is 0.556. The summed E-state index contributed by atoms with van der Waals surface area (Å²) in [6, 6.07) is 0. The van der Waals surface area contributed by atoms with Crippen molar-refractivity contribution in [3.8, 4) is 0 Å². The minimum Gasteiger partial charge on any atom is -0.0999 e. The Morgan fingerprint density at radius 2 is 1.69 bits per heavy atom. The molecule has 0 aromatic heterocycles. The van der Waals surface area contributed by atoms with Gasteiger partial charge in [-0.1, -0.05) is 31.2 Å². The zero-order valence-corrected chi connectivity index (χ0v) is 9.27. The molecule has 1 saturated carbocycles. The van der Waals surface area contributed by atoms with Crippen molar-refractivity contribution in [2.24, 2.45) is 17.8 Å². The van der Waals surface area contributed by atoms with Crippen molar-refractivity contribution in [3.05, 3.63) is 24.3 Å². The number of hydrogen-bond acceptors (Lipinski definition) is 0. The maximum Gasteiger partial charge on any atom is -0.0177 e. The van der Waals surface area contributed by atoms with Gasteiger partial charge in [-0.2, -0.15) is 0 Å². The third-order valence-corrected chi connectivity index (χ3v) is 3.53. The normalized spacial score (nSPS) is 34.2. The van der Waals surface area contributed by atoms with Crippen LogP contribution in [-0.4, -0.2) is 0 Å². The van der Waals surface area contributed by atoms with Crippen LogP contribution in [0.5, 0.6) is 0 Å². The van der Waals surface area contributed by atoms with Crippen LogP contribution in [0.4, 0.5) is 0 Å². The summed E-state index contributed by atoms with van der Waals surface area (Å²) in [5.74, 6) is 2.31. The predicted molar refractivity (Wildman–Crippen MR) is 59.6 cm³/mol. The van der Waals surface area contributed by atoms with Crippen molar-refractivity contribution < 1.29 is 0 Å². The van der Waals surface area contributed by atoms with Crippen molar-refractivity contribution in [1.82, 2.24) is 0 Å². The average molecular weight is 178 g/mol. The molecular weight excluding hydrogens is 156 g/mol. The molecule has 0 unspecified atom stereocenters. The summed E-state index contributed by atoms with van der Waals surface area (Å²) in [6.07, 6.45) is 3.96. The summed E-state index contributed by atoms with van der Waals surface area (Å²) in [7, 11) is 0. The highest BCUT2D eigenvalue weighted by Crippen LogP contribution is 2.39. The second kappa shape index (κ2) is 4.13. The lowest BCUT2D eigenvalue weighted by atomic mass is 9.70. The molecule has 0 aromatic carbocycles. The van der Waals surface area contributed by atoms with Gasteiger partial charge in [0.25, 0.3) is 0 Å². The van der Waals surface area contributed by atoms with E-state index in [1.54, 1.807) is 0 Å². The summed E-state index contributed by atoms with van der Waals surface area (Å²) < 4.78 is 0. The Labute approximate surface area is 82.7 Å². The Morgan fingerprint density at radius 1 is 1.08 bits per heavy atom. The van der Waals surface area contributed by atoms with Gasteiger partial charge in [0.15, 0.2) is 0 Å². The molecule has 0 N–H and O–H groups in total. The average Bonchev–Trinajstić information content (AvgIpc) is 2.04. The van der Waals surface area contributed by atoms with Gasteiger partial charge in [-0.25, -0.2) is 0 Å². The van der Waals surface area contributed by atoms with E-state index in [9.17, 15) is 0 Å². The van der Waals surface area contributed by atoms with Gasteiger partial charge in [-0.3, -0.25) is 0 Å². The fourth-order valence-electron chi connectivity index (χ4n) is 2.46. The van der Waals surface area contributed by atoms with Gasteiger partial charge >= 0.3 is 0 Å². The second-order valence-corrected chi connectivity index (χ2v) is 4.79. The summed E-state index contributed by atoms with van der Waals surface area (Å²) in [6.45, 7) is 14.8. The smallest absolute Gasteiger partial charge is 0.0177 e. The van der Waals surface area contributed by atoms with E-state index in [1.807, 2.05) is 0 Å². The van der Waals surface area contributed by atoms with E-state index in [1.165, 1.54) is 30.4 Å². The van der Waals surface area contributed by atoms with Gasteiger partial charge < -0.3 is 0 Å². The van der Waals surface area contributed by atoms with Crippen LogP contribution in [0.25, 0.3) is 0 Å². The van der Waals surface area contributed by atoms with Crippen LogP contribution in [0.1, 0.15) is 40.0 Å². The van der Waals surface area contributed by atoms with Crippen LogP contribution >= 0.6 is 0 Å². The third-order valence-electron chi connectivity index (χ3n) is 3.53. The molecule has 3 atom stereocenters. The summed E-state index contributed by atoms with van der Waals surface area (Å²) in [5.41, 5.74) is 2.72. The van der Waals surface area contributed by atoms with Crippen molar-refractivity contribution in [1.29, 1.82) is 0 Å². The predicted octanol–water partition coefficient (Wildman–Crippen LogP) is 4.19. The first kappa shape index (κ1) is 10.6. The summed E-state index contributed by atoms with van der Waals surface area (Å²) in [4.78, 5) is 0. The van der Waals surface area contributed by atoms with E-state index in [2.05, 4.69) is 33.9 Å². The van der Waals surface area contributed by atoms with Gasteiger partial charge in [0.2, 0.25) is 0 Å². The molecular formula is C13H22.